The van der Waals surface area contributed by atoms with Gasteiger partial charge in [0.15, 0.2) is 5.65 Å². The van der Waals surface area contributed by atoms with Gasteiger partial charge in [0, 0.05) is 10.9 Å². The van der Waals surface area contributed by atoms with Crippen LogP contribution in [0.2, 0.25) is 5.15 Å². The van der Waals surface area contributed by atoms with Crippen molar-refractivity contribution in [2.24, 2.45) is 0 Å². The van der Waals surface area contributed by atoms with Crippen LogP contribution in [0.4, 0.5) is 13.2 Å². The maximum atomic E-state index is 12.7. The Morgan fingerprint density at radius 2 is 1.80 bits per heavy atom. The second kappa shape index (κ2) is 5.32. The molecule has 0 unspecified atom stereocenters. The summed E-state index contributed by atoms with van der Waals surface area (Å²) in [6.07, 6.45) is -4.55. The monoisotopic (exact) mass is 364 g/mol. The Morgan fingerprint density at radius 3 is 2.52 bits per heavy atom. The van der Waals surface area contributed by atoms with Crippen molar-refractivity contribution >= 4 is 33.7 Å². The highest BCUT2D eigenvalue weighted by Gasteiger charge is 2.33. The number of halogens is 4. The summed E-state index contributed by atoms with van der Waals surface area (Å²) < 4.78 is 38.1. The minimum atomic E-state index is -4.55. The van der Waals surface area contributed by atoms with E-state index in [9.17, 15) is 18.0 Å². The van der Waals surface area contributed by atoms with E-state index in [1.54, 1.807) is 24.3 Å². The maximum absolute atomic E-state index is 12.7. The Hall–Kier alpha value is -2.87. The van der Waals surface area contributed by atoms with Gasteiger partial charge >= 0.3 is 11.9 Å². The van der Waals surface area contributed by atoms with E-state index in [4.69, 9.17) is 11.6 Å². The third kappa shape index (κ3) is 2.74. The van der Waals surface area contributed by atoms with Gasteiger partial charge in [-0.05, 0) is 35.9 Å². The van der Waals surface area contributed by atoms with Gasteiger partial charge in [0.2, 0.25) is 0 Å². The first-order valence-corrected chi connectivity index (χ1v) is 7.46. The molecule has 0 saturated heterocycles. The number of imidazole rings is 1. The number of hydrogen-bond donors (Lipinski definition) is 2. The van der Waals surface area contributed by atoms with Crippen LogP contribution in [0.1, 0.15) is 5.69 Å². The zero-order valence-corrected chi connectivity index (χ0v) is 13.0. The normalized spacial score (nSPS) is 12.2. The molecule has 3 heterocycles. The van der Waals surface area contributed by atoms with Gasteiger partial charge in [-0.3, -0.25) is 4.98 Å². The van der Waals surface area contributed by atoms with Crippen LogP contribution >= 0.6 is 11.6 Å². The smallest absolute Gasteiger partial charge is 0.304 e. The molecule has 0 aliphatic rings. The summed E-state index contributed by atoms with van der Waals surface area (Å²) in [6.45, 7) is 0. The van der Waals surface area contributed by atoms with E-state index in [2.05, 4.69) is 19.9 Å². The van der Waals surface area contributed by atoms with Crippen LogP contribution in [0.5, 0.6) is 0 Å². The summed E-state index contributed by atoms with van der Waals surface area (Å²) in [5.74, 6) is 0. The number of hydrogen-bond acceptors (Lipinski definition) is 3. The summed E-state index contributed by atoms with van der Waals surface area (Å²) in [5, 5.41) is 0.467. The van der Waals surface area contributed by atoms with Gasteiger partial charge in [-0.25, -0.2) is 14.8 Å². The first-order chi connectivity index (χ1) is 11.8. The first-order valence-electron chi connectivity index (χ1n) is 7.08. The predicted octanol–water partition coefficient (Wildman–Crippen LogP) is 4.14. The van der Waals surface area contributed by atoms with E-state index in [1.807, 2.05) is 0 Å². The van der Waals surface area contributed by atoms with E-state index in [-0.39, 0.29) is 10.8 Å². The number of rotatable bonds is 1. The van der Waals surface area contributed by atoms with E-state index < -0.39 is 11.9 Å². The highest BCUT2D eigenvalue weighted by Crippen LogP contribution is 2.34. The SMILES string of the molecule is O=c1[nH]c2cc3cc(-c4ccc(C(F)(F)F)nc4Cl)ccc3nc2[nH]1. The zero-order valence-electron chi connectivity index (χ0n) is 12.3. The van der Waals surface area contributed by atoms with Crippen LogP contribution < -0.4 is 5.69 Å². The third-order valence-electron chi connectivity index (χ3n) is 3.75. The van der Waals surface area contributed by atoms with Crippen molar-refractivity contribution in [3.8, 4) is 11.1 Å². The van der Waals surface area contributed by atoms with Gasteiger partial charge in [-0.2, -0.15) is 13.2 Å². The molecule has 0 radical (unpaired) electrons. The van der Waals surface area contributed by atoms with Gasteiger partial charge in [0.25, 0.3) is 0 Å². The van der Waals surface area contributed by atoms with Crippen LogP contribution in [0, 0.1) is 0 Å². The van der Waals surface area contributed by atoms with Crippen LogP contribution in [0.3, 0.4) is 0 Å². The molecule has 0 bridgehead atoms. The molecule has 126 valence electrons. The fourth-order valence-corrected chi connectivity index (χ4v) is 2.87. The molecule has 1 aromatic carbocycles. The predicted molar refractivity (Wildman–Crippen MR) is 87.5 cm³/mol. The van der Waals surface area contributed by atoms with E-state index >= 15 is 0 Å². The van der Waals surface area contributed by atoms with Crippen LogP contribution in [0.15, 0.2) is 41.2 Å². The maximum Gasteiger partial charge on any atom is 0.433 e. The molecule has 3 aromatic heterocycles. The molecule has 25 heavy (non-hydrogen) atoms. The van der Waals surface area contributed by atoms with Crippen molar-refractivity contribution in [3.05, 3.63) is 57.7 Å². The lowest BCUT2D eigenvalue weighted by Crippen LogP contribution is -2.07. The molecule has 0 aliphatic carbocycles. The highest BCUT2D eigenvalue weighted by molar-refractivity contribution is 6.32. The number of fused-ring (bicyclic) bond motifs is 2. The molecule has 0 saturated carbocycles. The second-order valence-corrected chi connectivity index (χ2v) is 5.76. The average Bonchev–Trinajstić information content (AvgIpc) is 2.90. The second-order valence-electron chi connectivity index (χ2n) is 5.40. The molecule has 0 fully saturated rings. The Labute approximate surface area is 142 Å². The Kier molecular flexibility index (Phi) is 3.33. The van der Waals surface area contributed by atoms with Crippen LogP contribution in [-0.2, 0) is 6.18 Å². The number of pyridine rings is 2. The molecular formula is C16H8ClF3N4O. The van der Waals surface area contributed by atoms with E-state index in [1.165, 1.54) is 6.07 Å². The van der Waals surface area contributed by atoms with Crippen molar-refractivity contribution in [2.45, 2.75) is 6.18 Å². The zero-order chi connectivity index (χ0) is 17.8. The fourth-order valence-electron chi connectivity index (χ4n) is 2.60. The molecule has 0 aliphatic heterocycles. The molecule has 0 spiro atoms. The average molecular weight is 365 g/mol. The van der Waals surface area contributed by atoms with Crippen molar-refractivity contribution in [1.82, 2.24) is 19.9 Å². The first kappa shape index (κ1) is 15.6. The van der Waals surface area contributed by atoms with Crippen molar-refractivity contribution < 1.29 is 13.2 Å². The van der Waals surface area contributed by atoms with Crippen LogP contribution in [-0.4, -0.2) is 19.9 Å². The Bertz CT molecular complexity index is 1180. The van der Waals surface area contributed by atoms with Gasteiger partial charge in [0.05, 0.1) is 11.0 Å². The van der Waals surface area contributed by atoms with Gasteiger partial charge in [-0.15, -0.1) is 0 Å². The minimum absolute atomic E-state index is 0.238. The highest BCUT2D eigenvalue weighted by atomic mass is 35.5. The number of aromatic amines is 2. The van der Waals surface area contributed by atoms with Crippen molar-refractivity contribution in [2.75, 3.05) is 0 Å². The van der Waals surface area contributed by atoms with Crippen molar-refractivity contribution in [1.29, 1.82) is 0 Å². The summed E-state index contributed by atoms with van der Waals surface area (Å²) >= 11 is 5.94. The topological polar surface area (TPSA) is 74.4 Å². The number of H-pyrrole nitrogens is 2. The molecule has 4 aromatic rings. The lowest BCUT2D eigenvalue weighted by atomic mass is 10.0. The lowest BCUT2D eigenvalue weighted by molar-refractivity contribution is -0.141. The molecule has 0 amide bonds. The molecule has 4 rings (SSSR count). The largest absolute Gasteiger partial charge is 0.433 e. The van der Waals surface area contributed by atoms with Crippen LogP contribution in [0.25, 0.3) is 33.2 Å². The molecular weight excluding hydrogens is 357 g/mol. The molecule has 2 N–H and O–H groups in total. The summed E-state index contributed by atoms with van der Waals surface area (Å²) in [5.41, 5.74) is 1.15. The number of nitrogens with zero attached hydrogens (tertiary/aromatic N) is 2. The summed E-state index contributed by atoms with van der Waals surface area (Å²) in [4.78, 5) is 24.3. The number of benzene rings is 1. The molecule has 5 nitrogen and oxygen atoms in total. The fraction of sp³-hybridized carbons (Fsp3) is 0.0625. The number of aromatic nitrogens is 4. The van der Waals surface area contributed by atoms with E-state index in [0.717, 1.165) is 6.07 Å². The van der Waals surface area contributed by atoms with Gasteiger partial charge < -0.3 is 4.98 Å². The quantitative estimate of drug-likeness (QED) is 0.498. The summed E-state index contributed by atoms with van der Waals surface area (Å²) in [6, 6.07) is 9.00. The van der Waals surface area contributed by atoms with Crippen molar-refractivity contribution in [3.63, 3.8) is 0 Å². The Morgan fingerprint density at radius 1 is 1.00 bits per heavy atom. The standard InChI is InChI=1S/C16H8ClF3N4O/c17-13-9(2-4-12(23-13)16(18,19)20)7-1-3-10-8(5-7)6-11-14(21-10)24-15(25)22-11/h1-6H,(H2,21,22,24,25). The van der Waals surface area contributed by atoms with Gasteiger partial charge in [-0.1, -0.05) is 17.7 Å². The van der Waals surface area contributed by atoms with E-state index in [0.29, 0.717) is 33.2 Å². The minimum Gasteiger partial charge on any atom is -0.304 e. The third-order valence-corrected chi connectivity index (χ3v) is 4.03. The molecule has 0 atom stereocenters. The van der Waals surface area contributed by atoms with Gasteiger partial charge in [0.1, 0.15) is 10.8 Å². The Balaban J connectivity index is 1.86. The summed E-state index contributed by atoms with van der Waals surface area (Å²) in [7, 11) is 0. The lowest BCUT2D eigenvalue weighted by Gasteiger charge is -2.09. The number of nitrogens with one attached hydrogen (secondary N) is 2. The molecule has 9 heteroatoms. The number of alkyl halides is 3.